The van der Waals surface area contributed by atoms with Crippen LogP contribution in [0.5, 0.6) is 0 Å². The quantitative estimate of drug-likeness (QED) is 0.842. The van der Waals surface area contributed by atoms with Crippen molar-refractivity contribution in [1.29, 1.82) is 0 Å². The van der Waals surface area contributed by atoms with Crippen LogP contribution in [-0.2, 0) is 11.3 Å². The van der Waals surface area contributed by atoms with Crippen molar-refractivity contribution in [3.05, 3.63) is 24.2 Å². The second-order valence-electron chi connectivity index (χ2n) is 5.90. The van der Waals surface area contributed by atoms with Crippen LogP contribution in [0.3, 0.4) is 0 Å². The van der Waals surface area contributed by atoms with E-state index in [1.165, 1.54) is 6.26 Å². The van der Waals surface area contributed by atoms with Crippen LogP contribution in [-0.4, -0.2) is 26.8 Å². The van der Waals surface area contributed by atoms with Gasteiger partial charge in [0, 0.05) is 5.54 Å². The Hall–Kier alpha value is -2.15. The Bertz CT molecular complexity index is 614. The second kappa shape index (κ2) is 5.33. The van der Waals surface area contributed by atoms with Gasteiger partial charge in [-0.2, -0.15) is 4.98 Å². The molecule has 2 N–H and O–H groups in total. The van der Waals surface area contributed by atoms with Crippen molar-refractivity contribution >= 4 is 5.97 Å². The first-order valence-corrected chi connectivity index (χ1v) is 6.59. The molecule has 21 heavy (non-hydrogen) atoms. The van der Waals surface area contributed by atoms with Gasteiger partial charge >= 0.3 is 5.97 Å². The first-order valence-electron chi connectivity index (χ1n) is 6.59. The van der Waals surface area contributed by atoms with E-state index in [2.05, 4.69) is 15.5 Å². The van der Waals surface area contributed by atoms with Gasteiger partial charge in [0.25, 0.3) is 5.89 Å². The number of carbonyl (C=O) groups is 1. The number of nitrogens with zero attached hydrogens (tertiary/aromatic N) is 2. The fourth-order valence-corrected chi connectivity index (χ4v) is 1.61. The average Bonchev–Trinajstić information content (AvgIpc) is 3.07. The van der Waals surface area contributed by atoms with Gasteiger partial charge in [0.2, 0.25) is 0 Å². The molecule has 7 heteroatoms. The largest absolute Gasteiger partial charge is 0.481 e. The molecule has 0 radical (unpaired) electrons. The molecule has 0 saturated carbocycles. The predicted octanol–water partition coefficient (Wildman–Crippen LogP) is 2.31. The number of aliphatic carboxylic acids is 1. The van der Waals surface area contributed by atoms with Crippen molar-refractivity contribution in [2.75, 3.05) is 0 Å². The molecule has 0 spiro atoms. The standard InChI is InChI=1S/C14H19N3O4/c1-13(2,12(18)19)14(3,4)15-8-10-16-11(21-17-10)9-6-5-7-20-9/h5-7,15H,8H2,1-4H3,(H,18,19). The first-order chi connectivity index (χ1) is 9.74. The molecule has 0 aliphatic rings. The van der Waals surface area contributed by atoms with E-state index < -0.39 is 16.9 Å². The average molecular weight is 293 g/mol. The molecule has 0 unspecified atom stereocenters. The van der Waals surface area contributed by atoms with E-state index in [-0.39, 0.29) is 0 Å². The summed E-state index contributed by atoms with van der Waals surface area (Å²) in [6.45, 7) is 7.30. The second-order valence-corrected chi connectivity index (χ2v) is 5.90. The summed E-state index contributed by atoms with van der Waals surface area (Å²) < 4.78 is 10.3. The van der Waals surface area contributed by atoms with E-state index in [4.69, 9.17) is 8.94 Å². The predicted molar refractivity (Wildman–Crippen MR) is 74.3 cm³/mol. The maximum atomic E-state index is 11.3. The molecule has 0 saturated heterocycles. The summed E-state index contributed by atoms with van der Waals surface area (Å²) in [6.07, 6.45) is 1.52. The molecule has 0 aliphatic carbocycles. The Labute approximate surface area is 122 Å². The van der Waals surface area contributed by atoms with Gasteiger partial charge in [-0.15, -0.1) is 0 Å². The lowest BCUT2D eigenvalue weighted by Crippen LogP contribution is -2.54. The Balaban J connectivity index is 2.05. The lowest BCUT2D eigenvalue weighted by Gasteiger charge is -2.38. The molecule has 2 aromatic rings. The Morgan fingerprint density at radius 1 is 1.38 bits per heavy atom. The van der Waals surface area contributed by atoms with Crippen molar-refractivity contribution in [2.24, 2.45) is 5.41 Å². The van der Waals surface area contributed by atoms with Crippen LogP contribution in [0.4, 0.5) is 0 Å². The number of rotatable bonds is 6. The molecule has 2 aromatic heterocycles. The molecule has 2 rings (SSSR count). The number of carboxylic acids is 1. The summed E-state index contributed by atoms with van der Waals surface area (Å²) in [5, 5.41) is 16.3. The van der Waals surface area contributed by atoms with Gasteiger partial charge < -0.3 is 19.4 Å². The highest BCUT2D eigenvalue weighted by Crippen LogP contribution is 2.31. The summed E-state index contributed by atoms with van der Waals surface area (Å²) >= 11 is 0. The summed E-state index contributed by atoms with van der Waals surface area (Å²) in [6, 6.07) is 3.46. The Kier molecular flexibility index (Phi) is 3.87. The van der Waals surface area contributed by atoms with Gasteiger partial charge in [-0.1, -0.05) is 5.16 Å². The number of aromatic nitrogens is 2. The molecule has 0 atom stereocenters. The van der Waals surface area contributed by atoms with Gasteiger partial charge in [0.05, 0.1) is 18.2 Å². The van der Waals surface area contributed by atoms with E-state index in [1.807, 2.05) is 13.8 Å². The third-order valence-corrected chi connectivity index (χ3v) is 3.99. The number of furan rings is 1. The lowest BCUT2D eigenvalue weighted by molar-refractivity contribution is -0.151. The van der Waals surface area contributed by atoms with Crippen LogP contribution >= 0.6 is 0 Å². The molecule has 0 fully saturated rings. The van der Waals surface area contributed by atoms with Crippen LogP contribution in [0, 0.1) is 5.41 Å². The number of nitrogens with one attached hydrogen (secondary N) is 1. The van der Waals surface area contributed by atoms with Crippen molar-refractivity contribution in [1.82, 2.24) is 15.5 Å². The van der Waals surface area contributed by atoms with Crippen molar-refractivity contribution in [3.63, 3.8) is 0 Å². The van der Waals surface area contributed by atoms with E-state index in [0.717, 1.165) is 0 Å². The monoisotopic (exact) mass is 293 g/mol. The molecular weight excluding hydrogens is 274 g/mol. The minimum absolute atomic E-state index is 0.298. The molecule has 0 aromatic carbocycles. The molecule has 0 bridgehead atoms. The van der Waals surface area contributed by atoms with Crippen LogP contribution in [0.25, 0.3) is 11.7 Å². The fraction of sp³-hybridized carbons (Fsp3) is 0.500. The highest BCUT2D eigenvalue weighted by atomic mass is 16.5. The highest BCUT2D eigenvalue weighted by molar-refractivity contribution is 5.75. The zero-order chi connectivity index (χ0) is 15.7. The fourth-order valence-electron chi connectivity index (χ4n) is 1.61. The smallest absolute Gasteiger partial charge is 0.310 e. The third-order valence-electron chi connectivity index (χ3n) is 3.99. The van der Waals surface area contributed by atoms with E-state index in [9.17, 15) is 9.90 Å². The number of hydrogen-bond donors (Lipinski definition) is 2. The Morgan fingerprint density at radius 2 is 2.10 bits per heavy atom. The molecule has 114 valence electrons. The van der Waals surface area contributed by atoms with E-state index in [1.54, 1.807) is 26.0 Å². The highest BCUT2D eigenvalue weighted by Gasteiger charge is 2.43. The molecule has 7 nitrogen and oxygen atoms in total. The number of hydrogen-bond acceptors (Lipinski definition) is 6. The molecular formula is C14H19N3O4. The van der Waals surface area contributed by atoms with Crippen molar-refractivity contribution in [2.45, 2.75) is 39.8 Å². The van der Waals surface area contributed by atoms with E-state index in [0.29, 0.717) is 24.0 Å². The topological polar surface area (TPSA) is 101 Å². The van der Waals surface area contributed by atoms with Gasteiger partial charge in [-0.25, -0.2) is 0 Å². The summed E-state index contributed by atoms with van der Waals surface area (Å²) in [5.74, 6) is 0.367. The Morgan fingerprint density at radius 3 is 2.67 bits per heavy atom. The van der Waals surface area contributed by atoms with Crippen LogP contribution in [0.2, 0.25) is 0 Å². The first kappa shape index (κ1) is 15.2. The molecule has 0 aliphatic heterocycles. The number of carboxylic acid groups (broad SMARTS) is 1. The maximum absolute atomic E-state index is 11.3. The maximum Gasteiger partial charge on any atom is 0.310 e. The zero-order valence-electron chi connectivity index (χ0n) is 12.5. The lowest BCUT2D eigenvalue weighted by atomic mass is 9.74. The van der Waals surface area contributed by atoms with Crippen LogP contribution in [0.1, 0.15) is 33.5 Å². The molecule has 2 heterocycles. The SMILES string of the molecule is CC(C)(NCc1noc(-c2ccco2)n1)C(C)(C)C(=O)O. The van der Waals surface area contributed by atoms with Crippen molar-refractivity contribution in [3.8, 4) is 11.7 Å². The van der Waals surface area contributed by atoms with E-state index >= 15 is 0 Å². The normalized spacial score (nSPS) is 12.6. The van der Waals surface area contributed by atoms with Gasteiger partial charge in [0.15, 0.2) is 11.6 Å². The summed E-state index contributed by atoms with van der Waals surface area (Å²) in [7, 11) is 0. The zero-order valence-corrected chi connectivity index (χ0v) is 12.5. The van der Waals surface area contributed by atoms with Crippen molar-refractivity contribution < 1.29 is 18.8 Å². The van der Waals surface area contributed by atoms with Crippen LogP contribution in [0.15, 0.2) is 27.3 Å². The van der Waals surface area contributed by atoms with Gasteiger partial charge in [-0.05, 0) is 39.8 Å². The minimum atomic E-state index is -0.944. The summed E-state index contributed by atoms with van der Waals surface area (Å²) in [5.41, 5.74) is -1.59. The van der Waals surface area contributed by atoms with Gasteiger partial charge in [-0.3, -0.25) is 4.79 Å². The minimum Gasteiger partial charge on any atom is -0.481 e. The van der Waals surface area contributed by atoms with Crippen LogP contribution < -0.4 is 5.32 Å². The molecule has 0 amide bonds. The summed E-state index contributed by atoms with van der Waals surface area (Å²) in [4.78, 5) is 15.5. The third kappa shape index (κ3) is 2.97. The van der Waals surface area contributed by atoms with Gasteiger partial charge in [0.1, 0.15) is 0 Å².